The van der Waals surface area contributed by atoms with Crippen molar-refractivity contribution in [3.8, 4) is 0 Å². The van der Waals surface area contributed by atoms with E-state index >= 15 is 0 Å². The minimum atomic E-state index is -0.273. The van der Waals surface area contributed by atoms with E-state index < -0.39 is 0 Å². The van der Waals surface area contributed by atoms with Crippen molar-refractivity contribution < 1.29 is 9.66 Å². The van der Waals surface area contributed by atoms with Crippen molar-refractivity contribution in [3.63, 3.8) is 0 Å². The van der Waals surface area contributed by atoms with Gasteiger partial charge < -0.3 is 14.5 Å². The number of hydrogen-bond acceptors (Lipinski definition) is 5. The quantitative estimate of drug-likeness (QED) is 0.625. The molecule has 0 radical (unpaired) electrons. The molecular formula is C14H19N3O3. The first kappa shape index (κ1) is 13.2. The van der Waals surface area contributed by atoms with Gasteiger partial charge in [-0.3, -0.25) is 10.1 Å². The molecule has 6 heteroatoms. The van der Waals surface area contributed by atoms with Gasteiger partial charge in [0.1, 0.15) is 5.69 Å². The smallest absolute Gasteiger partial charge is 0.294 e. The van der Waals surface area contributed by atoms with E-state index in [1.807, 2.05) is 17.0 Å². The second-order valence-electron chi connectivity index (χ2n) is 5.22. The second-order valence-corrected chi connectivity index (χ2v) is 5.22. The molecule has 6 nitrogen and oxygen atoms in total. The van der Waals surface area contributed by atoms with Crippen LogP contribution in [0.3, 0.4) is 0 Å². The van der Waals surface area contributed by atoms with Crippen molar-refractivity contribution in [2.75, 3.05) is 49.2 Å². The van der Waals surface area contributed by atoms with E-state index in [4.69, 9.17) is 4.74 Å². The lowest BCUT2D eigenvalue weighted by atomic mass is 10.2. The van der Waals surface area contributed by atoms with E-state index in [-0.39, 0.29) is 10.6 Å². The van der Waals surface area contributed by atoms with E-state index in [0.717, 1.165) is 18.8 Å². The molecule has 2 aliphatic heterocycles. The zero-order valence-electron chi connectivity index (χ0n) is 11.5. The maximum atomic E-state index is 11.4. The molecule has 0 bridgehead atoms. The highest BCUT2D eigenvalue weighted by molar-refractivity contribution is 5.70. The molecule has 2 fully saturated rings. The van der Waals surface area contributed by atoms with E-state index in [0.29, 0.717) is 32.0 Å². The van der Waals surface area contributed by atoms with Gasteiger partial charge in [-0.1, -0.05) is 0 Å². The van der Waals surface area contributed by atoms with Gasteiger partial charge in [0.05, 0.1) is 18.1 Å². The first-order chi connectivity index (χ1) is 9.75. The zero-order valence-corrected chi connectivity index (χ0v) is 11.5. The summed E-state index contributed by atoms with van der Waals surface area (Å²) in [7, 11) is 0. The predicted molar refractivity (Wildman–Crippen MR) is 77.6 cm³/mol. The number of nitrogens with zero attached hydrogens (tertiary/aromatic N) is 3. The number of rotatable bonds is 3. The lowest BCUT2D eigenvalue weighted by molar-refractivity contribution is -0.384. The van der Waals surface area contributed by atoms with Crippen LogP contribution in [0, 0.1) is 10.1 Å². The van der Waals surface area contributed by atoms with Crippen molar-refractivity contribution in [2.24, 2.45) is 0 Å². The topological polar surface area (TPSA) is 58.9 Å². The SMILES string of the molecule is O=[N+]([O-])c1cc(N2CCCC2)ccc1N1CCOCC1. The van der Waals surface area contributed by atoms with Crippen LogP contribution in [0.15, 0.2) is 18.2 Å². The van der Waals surface area contributed by atoms with E-state index in [1.165, 1.54) is 12.8 Å². The van der Waals surface area contributed by atoms with Crippen LogP contribution in [-0.4, -0.2) is 44.3 Å². The largest absolute Gasteiger partial charge is 0.378 e. The summed E-state index contributed by atoms with van der Waals surface area (Å²) in [5, 5.41) is 11.4. The van der Waals surface area contributed by atoms with Crippen LogP contribution in [-0.2, 0) is 4.74 Å². The molecule has 1 aromatic rings. The second kappa shape index (κ2) is 5.66. The fraction of sp³-hybridized carbons (Fsp3) is 0.571. The maximum Gasteiger partial charge on any atom is 0.294 e. The molecule has 0 amide bonds. The van der Waals surface area contributed by atoms with Crippen LogP contribution in [0.1, 0.15) is 12.8 Å². The van der Waals surface area contributed by atoms with Crippen molar-refractivity contribution in [3.05, 3.63) is 28.3 Å². The highest BCUT2D eigenvalue weighted by Gasteiger charge is 2.23. The third kappa shape index (κ3) is 2.56. The Balaban J connectivity index is 1.91. The molecule has 1 aromatic carbocycles. The van der Waals surface area contributed by atoms with Gasteiger partial charge in [0.15, 0.2) is 0 Å². The maximum absolute atomic E-state index is 11.4. The molecule has 2 heterocycles. The van der Waals surface area contributed by atoms with Crippen LogP contribution >= 0.6 is 0 Å². The van der Waals surface area contributed by atoms with Crippen molar-refractivity contribution in [1.29, 1.82) is 0 Å². The Labute approximate surface area is 118 Å². The zero-order chi connectivity index (χ0) is 13.9. The van der Waals surface area contributed by atoms with Crippen LogP contribution in [0.2, 0.25) is 0 Å². The minimum Gasteiger partial charge on any atom is -0.378 e. The molecule has 0 spiro atoms. The summed E-state index contributed by atoms with van der Waals surface area (Å²) in [5.74, 6) is 0. The van der Waals surface area contributed by atoms with Gasteiger partial charge in [-0.2, -0.15) is 0 Å². The van der Waals surface area contributed by atoms with Gasteiger partial charge in [0.25, 0.3) is 5.69 Å². The summed E-state index contributed by atoms with van der Waals surface area (Å²) in [6.45, 7) is 4.67. The first-order valence-corrected chi connectivity index (χ1v) is 7.12. The summed E-state index contributed by atoms with van der Waals surface area (Å²) < 4.78 is 5.31. The lowest BCUT2D eigenvalue weighted by Gasteiger charge is -2.29. The standard InChI is InChI=1S/C14H19N3O3/c18-17(19)14-11-12(15-5-1-2-6-15)3-4-13(14)16-7-9-20-10-8-16/h3-4,11H,1-2,5-10H2. The number of morpholine rings is 1. The van der Waals surface area contributed by atoms with E-state index in [1.54, 1.807) is 6.07 Å². The average Bonchev–Trinajstić information content (AvgIpc) is 3.02. The molecule has 0 saturated carbocycles. The monoisotopic (exact) mass is 277 g/mol. The number of anilines is 2. The number of ether oxygens (including phenoxy) is 1. The summed E-state index contributed by atoms with van der Waals surface area (Å²) in [4.78, 5) is 15.3. The lowest BCUT2D eigenvalue weighted by Crippen LogP contribution is -2.36. The van der Waals surface area contributed by atoms with Gasteiger partial charge in [-0.05, 0) is 25.0 Å². The Morgan fingerprint density at radius 2 is 1.75 bits per heavy atom. The summed E-state index contributed by atoms with van der Waals surface area (Å²) >= 11 is 0. The highest BCUT2D eigenvalue weighted by Crippen LogP contribution is 2.34. The minimum absolute atomic E-state index is 0.205. The van der Waals surface area contributed by atoms with Crippen LogP contribution in [0.5, 0.6) is 0 Å². The van der Waals surface area contributed by atoms with Crippen molar-refractivity contribution in [1.82, 2.24) is 0 Å². The number of benzene rings is 1. The van der Waals surface area contributed by atoms with Crippen LogP contribution in [0.4, 0.5) is 17.1 Å². The molecule has 20 heavy (non-hydrogen) atoms. The Hall–Kier alpha value is -1.82. The Bertz CT molecular complexity index is 494. The van der Waals surface area contributed by atoms with Crippen LogP contribution in [0.25, 0.3) is 0 Å². The third-order valence-electron chi connectivity index (χ3n) is 3.98. The summed E-state index contributed by atoms with van der Waals surface area (Å²) in [6.07, 6.45) is 2.33. The molecule has 2 saturated heterocycles. The number of nitro benzene ring substituents is 1. The van der Waals surface area contributed by atoms with E-state index in [2.05, 4.69) is 4.90 Å². The van der Waals surface area contributed by atoms with Crippen molar-refractivity contribution >= 4 is 17.1 Å². The average molecular weight is 277 g/mol. The number of nitro groups is 1. The summed E-state index contributed by atoms with van der Waals surface area (Å²) in [6, 6.07) is 5.61. The highest BCUT2D eigenvalue weighted by atomic mass is 16.6. The molecule has 0 atom stereocenters. The molecular weight excluding hydrogens is 258 g/mol. The molecule has 0 aliphatic carbocycles. The number of hydrogen-bond donors (Lipinski definition) is 0. The molecule has 0 unspecified atom stereocenters. The fourth-order valence-electron chi connectivity index (χ4n) is 2.90. The Kier molecular flexibility index (Phi) is 3.73. The molecule has 2 aliphatic rings. The molecule has 0 aromatic heterocycles. The Morgan fingerprint density at radius 3 is 2.40 bits per heavy atom. The Morgan fingerprint density at radius 1 is 1.05 bits per heavy atom. The fourth-order valence-corrected chi connectivity index (χ4v) is 2.90. The van der Waals surface area contributed by atoms with Gasteiger partial charge in [0, 0.05) is 37.9 Å². The first-order valence-electron chi connectivity index (χ1n) is 7.12. The van der Waals surface area contributed by atoms with Gasteiger partial charge >= 0.3 is 0 Å². The molecule has 0 N–H and O–H groups in total. The summed E-state index contributed by atoms with van der Waals surface area (Å²) in [5.41, 5.74) is 1.88. The predicted octanol–water partition coefficient (Wildman–Crippen LogP) is 2.03. The van der Waals surface area contributed by atoms with Gasteiger partial charge in [-0.15, -0.1) is 0 Å². The third-order valence-corrected chi connectivity index (χ3v) is 3.98. The normalized spacial score (nSPS) is 19.4. The molecule has 3 rings (SSSR count). The van der Waals surface area contributed by atoms with Crippen molar-refractivity contribution in [2.45, 2.75) is 12.8 Å². The van der Waals surface area contributed by atoms with E-state index in [9.17, 15) is 10.1 Å². The van der Waals surface area contributed by atoms with Gasteiger partial charge in [0.2, 0.25) is 0 Å². The van der Waals surface area contributed by atoms with Gasteiger partial charge in [-0.25, -0.2) is 0 Å². The molecule has 108 valence electrons. The van der Waals surface area contributed by atoms with Crippen LogP contribution < -0.4 is 9.80 Å².